The fourth-order valence-electron chi connectivity index (χ4n) is 2.84. The van der Waals surface area contributed by atoms with Gasteiger partial charge in [-0.1, -0.05) is 37.6 Å². The summed E-state index contributed by atoms with van der Waals surface area (Å²) in [7, 11) is 0. The zero-order valence-electron chi connectivity index (χ0n) is 12.7. The molecule has 3 rings (SSSR count). The summed E-state index contributed by atoms with van der Waals surface area (Å²) in [6.07, 6.45) is 3.51. The van der Waals surface area contributed by atoms with E-state index in [2.05, 4.69) is 57.7 Å². The molecule has 0 spiro atoms. The molecule has 1 aromatic carbocycles. The van der Waals surface area contributed by atoms with Gasteiger partial charge in [-0.2, -0.15) is 5.10 Å². The summed E-state index contributed by atoms with van der Waals surface area (Å²) in [5.41, 5.74) is 3.71. The Morgan fingerprint density at radius 2 is 2.00 bits per heavy atom. The Balaban J connectivity index is 1.74. The summed E-state index contributed by atoms with van der Waals surface area (Å²) in [6, 6.07) is 11.0. The quantitative estimate of drug-likeness (QED) is 0.907. The minimum atomic E-state index is 1.03. The van der Waals surface area contributed by atoms with Crippen molar-refractivity contribution in [2.45, 2.75) is 26.2 Å². The van der Waals surface area contributed by atoms with Crippen LogP contribution < -0.4 is 10.2 Å². The number of anilines is 1. The van der Waals surface area contributed by atoms with Gasteiger partial charge in [-0.3, -0.25) is 5.10 Å². The molecule has 4 heteroatoms. The van der Waals surface area contributed by atoms with Crippen molar-refractivity contribution in [2.24, 2.45) is 0 Å². The molecule has 1 saturated heterocycles. The smallest absolute Gasteiger partial charge is 0.151 e. The van der Waals surface area contributed by atoms with Crippen molar-refractivity contribution in [1.82, 2.24) is 15.5 Å². The number of aromatic amines is 1. The third kappa shape index (κ3) is 3.45. The molecule has 1 aliphatic heterocycles. The van der Waals surface area contributed by atoms with Crippen LogP contribution >= 0.6 is 0 Å². The molecule has 0 bridgehead atoms. The van der Waals surface area contributed by atoms with Gasteiger partial charge in [0.15, 0.2) is 5.82 Å². The monoisotopic (exact) mass is 284 g/mol. The largest absolute Gasteiger partial charge is 0.354 e. The third-order valence-corrected chi connectivity index (χ3v) is 4.03. The van der Waals surface area contributed by atoms with E-state index in [1.54, 1.807) is 0 Å². The molecule has 112 valence electrons. The lowest BCUT2D eigenvalue weighted by Gasteiger charge is -2.18. The van der Waals surface area contributed by atoms with Crippen LogP contribution in [0.5, 0.6) is 0 Å². The van der Waals surface area contributed by atoms with Crippen LogP contribution in [0.15, 0.2) is 30.3 Å². The maximum Gasteiger partial charge on any atom is 0.151 e. The molecule has 2 heterocycles. The summed E-state index contributed by atoms with van der Waals surface area (Å²) >= 11 is 0. The van der Waals surface area contributed by atoms with Gasteiger partial charge in [0.1, 0.15) is 0 Å². The molecular formula is C17H24N4. The molecule has 4 nitrogen and oxygen atoms in total. The van der Waals surface area contributed by atoms with Crippen molar-refractivity contribution in [3.05, 3.63) is 35.9 Å². The van der Waals surface area contributed by atoms with Gasteiger partial charge in [0, 0.05) is 25.7 Å². The molecule has 2 N–H and O–H groups in total. The third-order valence-electron chi connectivity index (χ3n) is 4.03. The van der Waals surface area contributed by atoms with Crippen LogP contribution in [0.25, 0.3) is 11.3 Å². The molecule has 0 radical (unpaired) electrons. The van der Waals surface area contributed by atoms with Crippen LogP contribution in [0.4, 0.5) is 5.82 Å². The minimum absolute atomic E-state index is 1.03. The minimum Gasteiger partial charge on any atom is -0.354 e. The normalized spacial score (nSPS) is 16.0. The number of aromatic nitrogens is 2. The van der Waals surface area contributed by atoms with E-state index in [4.69, 9.17) is 0 Å². The number of H-pyrrole nitrogens is 1. The van der Waals surface area contributed by atoms with Crippen molar-refractivity contribution in [2.75, 3.05) is 31.1 Å². The molecule has 0 aliphatic carbocycles. The summed E-state index contributed by atoms with van der Waals surface area (Å²) < 4.78 is 0. The van der Waals surface area contributed by atoms with Crippen LogP contribution in [0, 0.1) is 0 Å². The molecule has 1 fully saturated rings. The lowest BCUT2D eigenvalue weighted by molar-refractivity contribution is 0.724. The Hall–Kier alpha value is -1.81. The molecule has 0 atom stereocenters. The zero-order chi connectivity index (χ0) is 14.5. The highest BCUT2D eigenvalue weighted by atomic mass is 15.3. The Morgan fingerprint density at radius 1 is 1.14 bits per heavy atom. The lowest BCUT2D eigenvalue weighted by atomic mass is 10.1. The molecule has 1 aromatic heterocycles. The SMILES string of the molecule is CCCc1ccc(-c2cc(N3CCCNCC3)n[nH]2)cc1. The first kappa shape index (κ1) is 14.1. The predicted octanol–water partition coefficient (Wildman–Crippen LogP) is 2.83. The molecule has 0 saturated carbocycles. The predicted molar refractivity (Wildman–Crippen MR) is 87.7 cm³/mol. The lowest BCUT2D eigenvalue weighted by Crippen LogP contribution is -2.28. The fourth-order valence-corrected chi connectivity index (χ4v) is 2.84. The summed E-state index contributed by atoms with van der Waals surface area (Å²) in [4.78, 5) is 2.35. The first-order chi connectivity index (χ1) is 10.4. The van der Waals surface area contributed by atoms with Crippen LogP contribution in [-0.2, 0) is 6.42 Å². The van der Waals surface area contributed by atoms with E-state index < -0.39 is 0 Å². The zero-order valence-corrected chi connectivity index (χ0v) is 12.7. The first-order valence-corrected chi connectivity index (χ1v) is 7.97. The van der Waals surface area contributed by atoms with Gasteiger partial charge < -0.3 is 10.2 Å². The van der Waals surface area contributed by atoms with Crippen LogP contribution in [-0.4, -0.2) is 36.4 Å². The van der Waals surface area contributed by atoms with Gasteiger partial charge in [-0.15, -0.1) is 0 Å². The Bertz CT molecular complexity index is 550. The maximum atomic E-state index is 4.49. The maximum absolute atomic E-state index is 4.49. The van der Waals surface area contributed by atoms with Crippen molar-refractivity contribution in [3.63, 3.8) is 0 Å². The molecule has 0 unspecified atom stereocenters. The first-order valence-electron chi connectivity index (χ1n) is 7.97. The van der Waals surface area contributed by atoms with Crippen molar-refractivity contribution in [1.29, 1.82) is 0 Å². The number of hydrogen-bond donors (Lipinski definition) is 2. The number of rotatable bonds is 4. The highest BCUT2D eigenvalue weighted by molar-refractivity contribution is 5.63. The van der Waals surface area contributed by atoms with Gasteiger partial charge >= 0.3 is 0 Å². The number of hydrogen-bond acceptors (Lipinski definition) is 3. The molecule has 21 heavy (non-hydrogen) atoms. The average molecular weight is 284 g/mol. The average Bonchev–Trinajstić information content (AvgIpc) is 2.84. The van der Waals surface area contributed by atoms with Gasteiger partial charge in [0.05, 0.1) is 5.69 Å². The number of nitrogens with one attached hydrogen (secondary N) is 2. The van der Waals surface area contributed by atoms with Crippen molar-refractivity contribution in [3.8, 4) is 11.3 Å². The fraction of sp³-hybridized carbons (Fsp3) is 0.471. The van der Waals surface area contributed by atoms with Crippen LogP contribution in [0.3, 0.4) is 0 Å². The summed E-state index contributed by atoms with van der Waals surface area (Å²) in [6.45, 7) is 6.46. The summed E-state index contributed by atoms with van der Waals surface area (Å²) in [5.74, 6) is 1.06. The van der Waals surface area contributed by atoms with E-state index in [1.165, 1.54) is 24.0 Å². The Kier molecular flexibility index (Phi) is 4.55. The number of benzene rings is 1. The van der Waals surface area contributed by atoms with Crippen LogP contribution in [0.1, 0.15) is 25.3 Å². The molecular weight excluding hydrogens is 260 g/mol. The molecule has 0 amide bonds. The number of aryl methyl sites for hydroxylation is 1. The van der Waals surface area contributed by atoms with Gasteiger partial charge in [0.2, 0.25) is 0 Å². The Morgan fingerprint density at radius 3 is 2.81 bits per heavy atom. The molecule has 2 aromatic rings. The topological polar surface area (TPSA) is 44.0 Å². The van der Waals surface area contributed by atoms with E-state index in [0.29, 0.717) is 0 Å². The second-order valence-corrected chi connectivity index (χ2v) is 5.68. The van der Waals surface area contributed by atoms with E-state index >= 15 is 0 Å². The van der Waals surface area contributed by atoms with E-state index in [9.17, 15) is 0 Å². The summed E-state index contributed by atoms with van der Waals surface area (Å²) in [5, 5.41) is 11.1. The van der Waals surface area contributed by atoms with Gasteiger partial charge in [-0.05, 0) is 30.5 Å². The highest BCUT2D eigenvalue weighted by Crippen LogP contribution is 2.23. The van der Waals surface area contributed by atoms with Gasteiger partial charge in [0.25, 0.3) is 0 Å². The van der Waals surface area contributed by atoms with Crippen molar-refractivity contribution < 1.29 is 0 Å². The van der Waals surface area contributed by atoms with E-state index in [0.717, 1.165) is 44.1 Å². The van der Waals surface area contributed by atoms with E-state index in [-0.39, 0.29) is 0 Å². The van der Waals surface area contributed by atoms with Crippen LogP contribution in [0.2, 0.25) is 0 Å². The Labute approximate surface area is 126 Å². The standard InChI is InChI=1S/C17H24N4/c1-2-4-14-5-7-15(8-6-14)16-13-17(20-19-16)21-11-3-9-18-10-12-21/h5-8,13,18H,2-4,9-12H2,1H3,(H,19,20). The number of nitrogens with zero attached hydrogens (tertiary/aromatic N) is 2. The molecule has 1 aliphatic rings. The second kappa shape index (κ2) is 6.76. The van der Waals surface area contributed by atoms with Crippen molar-refractivity contribution >= 4 is 5.82 Å². The van der Waals surface area contributed by atoms with Gasteiger partial charge in [-0.25, -0.2) is 0 Å². The highest BCUT2D eigenvalue weighted by Gasteiger charge is 2.13. The van der Waals surface area contributed by atoms with E-state index in [1.807, 2.05) is 0 Å². The second-order valence-electron chi connectivity index (χ2n) is 5.68.